The first-order valence-electron chi connectivity index (χ1n) is 6.72. The highest BCUT2D eigenvalue weighted by molar-refractivity contribution is 5.75. The molecule has 0 aromatic heterocycles. The average Bonchev–Trinajstić information content (AvgIpc) is 2.82. The van der Waals surface area contributed by atoms with E-state index in [0.29, 0.717) is 0 Å². The van der Waals surface area contributed by atoms with E-state index >= 15 is 0 Å². The van der Waals surface area contributed by atoms with Crippen LogP contribution in [-0.4, -0.2) is 19.2 Å². The van der Waals surface area contributed by atoms with Crippen LogP contribution in [-0.2, 0) is 15.9 Å². The van der Waals surface area contributed by atoms with Gasteiger partial charge in [0.05, 0.1) is 6.10 Å². The van der Waals surface area contributed by atoms with Crippen LogP contribution < -0.4 is 0 Å². The van der Waals surface area contributed by atoms with Gasteiger partial charge in [-0.2, -0.15) is 0 Å². The number of aldehydes is 1. The Labute approximate surface area is 107 Å². The molecule has 2 atom stereocenters. The smallest absolute Gasteiger partial charge is 0.158 e. The van der Waals surface area contributed by atoms with E-state index in [0.717, 1.165) is 44.1 Å². The molecule has 3 nitrogen and oxygen atoms in total. The Morgan fingerprint density at radius 1 is 1.28 bits per heavy atom. The van der Waals surface area contributed by atoms with Gasteiger partial charge < -0.3 is 9.47 Å². The number of benzene rings is 1. The lowest BCUT2D eigenvalue weighted by atomic mass is 10.1. The minimum atomic E-state index is -0.0606. The van der Waals surface area contributed by atoms with Crippen LogP contribution in [0.2, 0.25) is 0 Å². The Morgan fingerprint density at radius 2 is 2.22 bits per heavy atom. The average molecular weight is 246 g/mol. The standard InChI is InChI=1S/C15H18O3/c16-10-11-4-5-12-6-7-14(13(12)9-11)18-15-3-1-2-8-17-15/h4-5,9-10,14-15H,1-3,6-8H2. The van der Waals surface area contributed by atoms with Crippen molar-refractivity contribution in [2.45, 2.75) is 44.5 Å². The van der Waals surface area contributed by atoms with E-state index in [-0.39, 0.29) is 12.4 Å². The molecule has 1 aliphatic heterocycles. The molecule has 1 aromatic carbocycles. The van der Waals surface area contributed by atoms with Crippen LogP contribution >= 0.6 is 0 Å². The van der Waals surface area contributed by atoms with Crippen LogP contribution in [0.25, 0.3) is 0 Å². The fourth-order valence-corrected chi connectivity index (χ4v) is 2.80. The molecule has 1 fully saturated rings. The molecule has 18 heavy (non-hydrogen) atoms. The molecule has 1 aromatic rings. The molecule has 3 heteroatoms. The van der Waals surface area contributed by atoms with E-state index in [1.54, 1.807) is 0 Å². The van der Waals surface area contributed by atoms with Crippen LogP contribution in [0, 0.1) is 0 Å². The van der Waals surface area contributed by atoms with Gasteiger partial charge in [-0.1, -0.05) is 12.1 Å². The molecule has 3 rings (SSSR count). The molecule has 2 unspecified atom stereocenters. The maximum atomic E-state index is 10.8. The number of aryl methyl sites for hydroxylation is 1. The zero-order chi connectivity index (χ0) is 12.4. The fourth-order valence-electron chi connectivity index (χ4n) is 2.80. The second-order valence-electron chi connectivity index (χ2n) is 5.04. The van der Waals surface area contributed by atoms with Gasteiger partial charge in [-0.15, -0.1) is 0 Å². The summed E-state index contributed by atoms with van der Waals surface area (Å²) < 4.78 is 11.7. The predicted octanol–water partition coefficient (Wildman–Crippen LogP) is 3.03. The number of rotatable bonds is 3. The zero-order valence-corrected chi connectivity index (χ0v) is 10.4. The summed E-state index contributed by atoms with van der Waals surface area (Å²) in [5.41, 5.74) is 3.21. The Hall–Kier alpha value is -1.19. The van der Waals surface area contributed by atoms with Crippen molar-refractivity contribution in [2.75, 3.05) is 6.61 Å². The van der Waals surface area contributed by atoms with E-state index in [1.807, 2.05) is 18.2 Å². The molecular formula is C15H18O3. The molecule has 0 saturated carbocycles. The van der Waals surface area contributed by atoms with Gasteiger partial charge in [-0.25, -0.2) is 0 Å². The van der Waals surface area contributed by atoms with Crippen LogP contribution in [0.1, 0.15) is 53.3 Å². The zero-order valence-electron chi connectivity index (χ0n) is 10.4. The Morgan fingerprint density at radius 3 is 3.00 bits per heavy atom. The third kappa shape index (κ3) is 2.33. The summed E-state index contributed by atoms with van der Waals surface area (Å²) in [7, 11) is 0. The van der Waals surface area contributed by atoms with Crippen molar-refractivity contribution in [2.24, 2.45) is 0 Å². The molecule has 0 bridgehead atoms. The Kier molecular flexibility index (Phi) is 3.43. The first-order chi connectivity index (χ1) is 8.86. The van der Waals surface area contributed by atoms with E-state index < -0.39 is 0 Å². The third-order valence-corrected chi connectivity index (χ3v) is 3.78. The van der Waals surface area contributed by atoms with Crippen molar-refractivity contribution < 1.29 is 14.3 Å². The van der Waals surface area contributed by atoms with Gasteiger partial charge in [0.2, 0.25) is 0 Å². The van der Waals surface area contributed by atoms with E-state index in [1.165, 1.54) is 17.5 Å². The van der Waals surface area contributed by atoms with Gasteiger partial charge in [-0.3, -0.25) is 4.79 Å². The summed E-state index contributed by atoms with van der Waals surface area (Å²) in [6.45, 7) is 0.804. The summed E-state index contributed by atoms with van der Waals surface area (Å²) >= 11 is 0. The second kappa shape index (κ2) is 5.21. The van der Waals surface area contributed by atoms with Crippen molar-refractivity contribution >= 4 is 6.29 Å². The van der Waals surface area contributed by atoms with Crippen molar-refractivity contribution in [3.05, 3.63) is 34.9 Å². The Bertz CT molecular complexity index is 435. The summed E-state index contributed by atoms with van der Waals surface area (Å²) in [4.78, 5) is 10.8. The molecule has 0 amide bonds. The van der Waals surface area contributed by atoms with Crippen molar-refractivity contribution in [3.8, 4) is 0 Å². The summed E-state index contributed by atoms with van der Waals surface area (Å²) in [6.07, 6.45) is 6.27. The van der Waals surface area contributed by atoms with E-state index in [2.05, 4.69) is 0 Å². The Balaban J connectivity index is 1.74. The van der Waals surface area contributed by atoms with E-state index in [4.69, 9.17) is 9.47 Å². The highest BCUT2D eigenvalue weighted by Gasteiger charge is 2.27. The van der Waals surface area contributed by atoms with Crippen molar-refractivity contribution in [1.82, 2.24) is 0 Å². The highest BCUT2D eigenvalue weighted by Crippen LogP contribution is 2.36. The number of hydrogen-bond donors (Lipinski definition) is 0. The number of ether oxygens (including phenoxy) is 2. The minimum absolute atomic E-state index is 0.0606. The second-order valence-corrected chi connectivity index (χ2v) is 5.04. The SMILES string of the molecule is O=Cc1ccc2c(c1)C(OC1CCCCO1)CC2. The van der Waals surface area contributed by atoms with Gasteiger partial charge in [0.15, 0.2) is 6.29 Å². The highest BCUT2D eigenvalue weighted by atomic mass is 16.7. The van der Waals surface area contributed by atoms with Crippen LogP contribution in [0.3, 0.4) is 0 Å². The number of hydrogen-bond acceptors (Lipinski definition) is 3. The predicted molar refractivity (Wildman–Crippen MR) is 67.6 cm³/mol. The molecule has 2 aliphatic rings. The van der Waals surface area contributed by atoms with Gasteiger partial charge in [-0.05, 0) is 49.3 Å². The minimum Gasteiger partial charge on any atom is -0.353 e. The third-order valence-electron chi connectivity index (χ3n) is 3.78. The lowest BCUT2D eigenvalue weighted by molar-refractivity contribution is -0.189. The normalized spacial score (nSPS) is 26.9. The quantitative estimate of drug-likeness (QED) is 0.769. The lowest BCUT2D eigenvalue weighted by Gasteiger charge is -2.26. The van der Waals surface area contributed by atoms with Gasteiger partial charge >= 0.3 is 0 Å². The monoisotopic (exact) mass is 246 g/mol. The number of fused-ring (bicyclic) bond motifs is 1. The summed E-state index contributed by atoms with van der Waals surface area (Å²) in [6, 6.07) is 5.89. The van der Waals surface area contributed by atoms with Crippen LogP contribution in [0.5, 0.6) is 0 Å². The first-order valence-corrected chi connectivity index (χ1v) is 6.72. The first kappa shape index (κ1) is 11.9. The van der Waals surface area contributed by atoms with Gasteiger partial charge in [0, 0.05) is 12.2 Å². The van der Waals surface area contributed by atoms with Gasteiger partial charge in [0.25, 0.3) is 0 Å². The topological polar surface area (TPSA) is 35.5 Å². The van der Waals surface area contributed by atoms with Crippen LogP contribution in [0.15, 0.2) is 18.2 Å². The maximum Gasteiger partial charge on any atom is 0.158 e. The fraction of sp³-hybridized carbons (Fsp3) is 0.533. The largest absolute Gasteiger partial charge is 0.353 e. The molecule has 1 heterocycles. The molecule has 96 valence electrons. The molecule has 1 saturated heterocycles. The van der Waals surface area contributed by atoms with Gasteiger partial charge in [0.1, 0.15) is 6.29 Å². The summed E-state index contributed by atoms with van der Waals surface area (Å²) in [5, 5.41) is 0. The number of carbonyl (C=O) groups excluding carboxylic acids is 1. The molecule has 0 radical (unpaired) electrons. The maximum absolute atomic E-state index is 10.8. The summed E-state index contributed by atoms with van der Waals surface area (Å²) in [5.74, 6) is 0. The molecular weight excluding hydrogens is 228 g/mol. The number of carbonyl (C=O) groups is 1. The van der Waals surface area contributed by atoms with Crippen molar-refractivity contribution in [3.63, 3.8) is 0 Å². The molecule has 1 aliphatic carbocycles. The molecule has 0 N–H and O–H groups in total. The molecule has 0 spiro atoms. The van der Waals surface area contributed by atoms with Crippen LogP contribution in [0.4, 0.5) is 0 Å². The lowest BCUT2D eigenvalue weighted by Crippen LogP contribution is -2.23. The van der Waals surface area contributed by atoms with Crippen molar-refractivity contribution in [1.29, 1.82) is 0 Å². The van der Waals surface area contributed by atoms with E-state index in [9.17, 15) is 4.79 Å².